The van der Waals surface area contributed by atoms with Crippen LogP contribution in [0.25, 0.3) is 0 Å². The average Bonchev–Trinajstić information content (AvgIpc) is 3.09. The van der Waals surface area contributed by atoms with Crippen molar-refractivity contribution in [2.45, 2.75) is 18.9 Å². The Labute approximate surface area is 150 Å². The van der Waals surface area contributed by atoms with E-state index in [1.165, 1.54) is 23.5 Å². The van der Waals surface area contributed by atoms with E-state index in [1.807, 2.05) is 5.38 Å². The molecule has 1 aromatic heterocycles. The first-order chi connectivity index (χ1) is 12.2. The van der Waals surface area contributed by atoms with Crippen LogP contribution in [0.4, 0.5) is 18.9 Å². The predicted octanol–water partition coefficient (Wildman–Crippen LogP) is 2.83. The molecule has 0 saturated carbocycles. The fourth-order valence-electron chi connectivity index (χ4n) is 1.96. The zero-order chi connectivity index (χ0) is 19.2. The predicted molar refractivity (Wildman–Crippen MR) is 88.7 cm³/mol. The van der Waals surface area contributed by atoms with E-state index in [4.69, 9.17) is 0 Å². The number of aliphatic hydroxyl groups is 1. The number of rotatable bonds is 6. The van der Waals surface area contributed by atoms with E-state index in [1.54, 1.807) is 11.4 Å². The molecule has 0 spiro atoms. The van der Waals surface area contributed by atoms with Crippen LogP contribution in [0.1, 0.15) is 18.1 Å². The molecule has 1 unspecified atom stereocenters. The molecule has 10 heteroatoms. The van der Waals surface area contributed by atoms with E-state index in [9.17, 15) is 27.9 Å². The Morgan fingerprint density at radius 3 is 2.42 bits per heavy atom. The van der Waals surface area contributed by atoms with Crippen LogP contribution in [0.15, 0.2) is 41.1 Å². The van der Waals surface area contributed by atoms with Crippen molar-refractivity contribution in [3.8, 4) is 5.75 Å². The summed E-state index contributed by atoms with van der Waals surface area (Å²) in [5, 5.41) is 18.1. The highest BCUT2D eigenvalue weighted by atomic mass is 32.1. The number of hydrogen-bond donors (Lipinski definition) is 3. The number of nitrogens with one attached hydrogen (secondary N) is 2. The van der Waals surface area contributed by atoms with Gasteiger partial charge >= 0.3 is 18.2 Å². The van der Waals surface area contributed by atoms with Crippen LogP contribution in [0, 0.1) is 0 Å². The first kappa shape index (κ1) is 19.7. The molecule has 1 heterocycles. The smallest absolute Gasteiger partial charge is 0.406 e. The number of anilines is 1. The second-order valence-electron chi connectivity index (χ2n) is 5.14. The molecule has 26 heavy (non-hydrogen) atoms. The zero-order valence-electron chi connectivity index (χ0n) is 13.2. The fraction of sp³-hybridized carbons (Fsp3) is 0.250. The maximum Gasteiger partial charge on any atom is 0.573 e. The Bertz CT molecular complexity index is 733. The third kappa shape index (κ3) is 6.37. The van der Waals surface area contributed by atoms with Gasteiger partial charge in [-0.3, -0.25) is 9.59 Å². The molecule has 2 amide bonds. The van der Waals surface area contributed by atoms with Gasteiger partial charge in [0.05, 0.1) is 6.10 Å². The first-order valence-electron chi connectivity index (χ1n) is 7.40. The van der Waals surface area contributed by atoms with Gasteiger partial charge in [-0.15, -0.1) is 13.2 Å². The summed E-state index contributed by atoms with van der Waals surface area (Å²) in [6, 6.07) is 6.13. The van der Waals surface area contributed by atoms with Crippen molar-refractivity contribution in [2.75, 3.05) is 11.9 Å². The number of alkyl halides is 3. The maximum absolute atomic E-state index is 12.1. The molecule has 0 radical (unpaired) electrons. The highest BCUT2D eigenvalue weighted by molar-refractivity contribution is 7.07. The molecular formula is C16H15F3N2O4S. The molecule has 6 nitrogen and oxygen atoms in total. The number of benzene rings is 1. The SMILES string of the molecule is O=C(NCCC(O)c1ccsc1)C(=O)Nc1ccc(OC(F)(F)F)cc1. The van der Waals surface area contributed by atoms with Gasteiger partial charge in [0.15, 0.2) is 0 Å². The first-order valence-corrected chi connectivity index (χ1v) is 8.34. The molecule has 1 aromatic carbocycles. The van der Waals surface area contributed by atoms with E-state index in [-0.39, 0.29) is 18.7 Å². The molecule has 0 aliphatic carbocycles. The van der Waals surface area contributed by atoms with Crippen LogP contribution in [0.3, 0.4) is 0 Å². The number of thiophene rings is 1. The number of carbonyl (C=O) groups is 2. The largest absolute Gasteiger partial charge is 0.573 e. The summed E-state index contributed by atoms with van der Waals surface area (Å²) in [5.41, 5.74) is 0.868. The van der Waals surface area contributed by atoms with Crippen LogP contribution in [0.5, 0.6) is 5.75 Å². The highest BCUT2D eigenvalue weighted by Gasteiger charge is 2.31. The Kier molecular flexibility index (Phi) is 6.58. The molecule has 0 aliphatic heterocycles. The van der Waals surface area contributed by atoms with Gasteiger partial charge in [-0.05, 0) is 53.1 Å². The van der Waals surface area contributed by atoms with Crippen molar-refractivity contribution in [2.24, 2.45) is 0 Å². The lowest BCUT2D eigenvalue weighted by Gasteiger charge is -2.11. The molecule has 2 rings (SSSR count). The molecular weight excluding hydrogens is 373 g/mol. The maximum atomic E-state index is 12.1. The van der Waals surface area contributed by atoms with Gasteiger partial charge in [0.25, 0.3) is 0 Å². The lowest BCUT2D eigenvalue weighted by molar-refractivity contribution is -0.274. The van der Waals surface area contributed by atoms with Crippen molar-refractivity contribution in [1.82, 2.24) is 5.32 Å². The summed E-state index contributed by atoms with van der Waals surface area (Å²) < 4.78 is 39.9. The quantitative estimate of drug-likeness (QED) is 0.664. The Morgan fingerprint density at radius 1 is 1.15 bits per heavy atom. The van der Waals surface area contributed by atoms with Crippen molar-refractivity contribution in [3.05, 3.63) is 46.7 Å². The summed E-state index contributed by atoms with van der Waals surface area (Å²) in [5.74, 6) is -2.33. The van der Waals surface area contributed by atoms with Crippen LogP contribution in [0.2, 0.25) is 0 Å². The summed E-state index contributed by atoms with van der Waals surface area (Å²) in [7, 11) is 0. The third-order valence-electron chi connectivity index (χ3n) is 3.18. The van der Waals surface area contributed by atoms with E-state index < -0.39 is 30.0 Å². The van der Waals surface area contributed by atoms with E-state index >= 15 is 0 Å². The third-order valence-corrected chi connectivity index (χ3v) is 3.88. The Morgan fingerprint density at radius 2 is 1.85 bits per heavy atom. The molecule has 140 valence electrons. The fourth-order valence-corrected chi connectivity index (χ4v) is 2.67. The van der Waals surface area contributed by atoms with Crippen LogP contribution in [-0.2, 0) is 9.59 Å². The number of carbonyl (C=O) groups excluding carboxylic acids is 2. The minimum atomic E-state index is -4.81. The molecule has 0 saturated heterocycles. The van der Waals surface area contributed by atoms with Crippen LogP contribution >= 0.6 is 11.3 Å². The second-order valence-corrected chi connectivity index (χ2v) is 5.92. The van der Waals surface area contributed by atoms with Gasteiger partial charge in [-0.1, -0.05) is 0 Å². The number of halogens is 3. The van der Waals surface area contributed by atoms with Crippen molar-refractivity contribution >= 4 is 28.8 Å². The summed E-state index contributed by atoms with van der Waals surface area (Å²) in [6.45, 7) is 0.0849. The standard InChI is InChI=1S/C16H15F3N2O4S/c17-16(18,19)25-12-3-1-11(2-4-12)21-15(24)14(23)20-7-5-13(22)10-6-8-26-9-10/h1-4,6,8-9,13,22H,5,7H2,(H,20,23)(H,21,24). The number of hydrogen-bond acceptors (Lipinski definition) is 5. The summed E-state index contributed by atoms with van der Waals surface area (Å²) in [4.78, 5) is 23.4. The Balaban J connectivity index is 1.77. The van der Waals surface area contributed by atoms with Crippen molar-refractivity contribution < 1.29 is 32.6 Å². The molecule has 0 aliphatic rings. The van der Waals surface area contributed by atoms with Crippen molar-refractivity contribution in [1.29, 1.82) is 0 Å². The van der Waals surface area contributed by atoms with E-state index in [0.717, 1.165) is 17.7 Å². The van der Waals surface area contributed by atoms with Crippen LogP contribution in [-0.4, -0.2) is 29.8 Å². The van der Waals surface area contributed by atoms with Crippen molar-refractivity contribution in [3.63, 3.8) is 0 Å². The molecule has 0 fully saturated rings. The summed E-state index contributed by atoms with van der Waals surface area (Å²) >= 11 is 1.43. The van der Waals surface area contributed by atoms with E-state index in [0.29, 0.717) is 0 Å². The van der Waals surface area contributed by atoms with Crippen LogP contribution < -0.4 is 15.4 Å². The molecule has 3 N–H and O–H groups in total. The molecule has 2 aromatic rings. The van der Waals surface area contributed by atoms with Gasteiger partial charge in [-0.2, -0.15) is 11.3 Å². The van der Waals surface area contributed by atoms with Gasteiger partial charge in [0.1, 0.15) is 5.75 Å². The summed E-state index contributed by atoms with van der Waals surface area (Å²) in [6.07, 6.45) is -5.32. The minimum absolute atomic E-state index is 0.0849. The minimum Gasteiger partial charge on any atom is -0.406 e. The Hall–Kier alpha value is -2.59. The van der Waals surface area contributed by atoms with Gasteiger partial charge < -0.3 is 20.5 Å². The highest BCUT2D eigenvalue weighted by Crippen LogP contribution is 2.24. The lowest BCUT2D eigenvalue weighted by atomic mass is 10.1. The van der Waals surface area contributed by atoms with Gasteiger partial charge in [0.2, 0.25) is 0 Å². The lowest BCUT2D eigenvalue weighted by Crippen LogP contribution is -2.36. The molecule has 1 atom stereocenters. The second kappa shape index (κ2) is 8.68. The number of aliphatic hydroxyl groups excluding tert-OH is 1. The normalized spacial score (nSPS) is 12.3. The monoisotopic (exact) mass is 388 g/mol. The van der Waals surface area contributed by atoms with Gasteiger partial charge in [0, 0.05) is 12.2 Å². The van der Waals surface area contributed by atoms with E-state index in [2.05, 4.69) is 15.4 Å². The number of amides is 2. The average molecular weight is 388 g/mol. The number of ether oxygens (including phenoxy) is 1. The zero-order valence-corrected chi connectivity index (χ0v) is 14.1. The topological polar surface area (TPSA) is 87.7 Å². The molecule has 0 bridgehead atoms. The van der Waals surface area contributed by atoms with Gasteiger partial charge in [-0.25, -0.2) is 0 Å².